The number of aryl methyl sites for hydroxylation is 1. The lowest BCUT2D eigenvalue weighted by molar-refractivity contribution is 0.821. The van der Waals surface area contributed by atoms with Crippen molar-refractivity contribution in [2.45, 2.75) is 32.4 Å². The molecule has 1 heterocycles. The Hall–Kier alpha value is -0.770. The first-order valence-electron chi connectivity index (χ1n) is 5.14. The molecule has 0 aliphatic carbocycles. The van der Waals surface area contributed by atoms with Crippen LogP contribution in [0, 0.1) is 6.92 Å². The molecule has 0 aromatic carbocycles. The molecule has 0 aliphatic rings. The molecule has 0 spiro atoms. The van der Waals surface area contributed by atoms with Crippen molar-refractivity contribution in [3.63, 3.8) is 0 Å². The summed E-state index contributed by atoms with van der Waals surface area (Å²) < 4.78 is 0. The van der Waals surface area contributed by atoms with Crippen molar-refractivity contribution < 1.29 is 0 Å². The number of thioether (sulfide) groups is 1. The number of anilines is 1. The molecular formula is C11H19N3S. The van der Waals surface area contributed by atoms with Crippen LogP contribution in [0.3, 0.4) is 0 Å². The summed E-state index contributed by atoms with van der Waals surface area (Å²) >= 11 is 1.74. The fourth-order valence-corrected chi connectivity index (χ4v) is 2.10. The predicted octanol–water partition coefficient (Wildman–Crippen LogP) is 2.81. The maximum atomic E-state index is 4.52. The Morgan fingerprint density at radius 1 is 1.33 bits per heavy atom. The Morgan fingerprint density at radius 3 is 2.47 bits per heavy atom. The van der Waals surface area contributed by atoms with Crippen LogP contribution in [0.1, 0.15) is 36.8 Å². The van der Waals surface area contributed by atoms with Gasteiger partial charge in [-0.2, -0.15) is 11.8 Å². The van der Waals surface area contributed by atoms with Crippen LogP contribution in [0.15, 0.2) is 0 Å². The molecule has 1 rings (SSSR count). The number of nitrogens with one attached hydrogen (secondary N) is 1. The molecule has 3 nitrogen and oxygen atoms in total. The highest BCUT2D eigenvalue weighted by Gasteiger charge is 2.13. The van der Waals surface area contributed by atoms with E-state index in [1.165, 1.54) is 5.56 Å². The molecule has 4 heteroatoms. The van der Waals surface area contributed by atoms with E-state index in [0.717, 1.165) is 23.1 Å². The number of aromatic nitrogens is 2. The molecule has 0 atom stereocenters. The van der Waals surface area contributed by atoms with E-state index in [0.29, 0.717) is 5.92 Å². The maximum absolute atomic E-state index is 4.52. The third-order valence-electron chi connectivity index (χ3n) is 2.27. The number of hydrogen-bond acceptors (Lipinski definition) is 4. The molecule has 1 aromatic rings. The van der Waals surface area contributed by atoms with E-state index in [1.807, 2.05) is 7.05 Å². The highest BCUT2D eigenvalue weighted by molar-refractivity contribution is 7.97. The van der Waals surface area contributed by atoms with Gasteiger partial charge in [0.15, 0.2) is 0 Å². The van der Waals surface area contributed by atoms with Crippen molar-refractivity contribution in [3.05, 3.63) is 17.1 Å². The SMILES string of the molecule is CNc1nc(CSC)nc(C)c1C(C)C. The van der Waals surface area contributed by atoms with Gasteiger partial charge in [0.05, 0.1) is 5.75 Å². The standard InChI is InChI=1S/C11H19N3S/c1-7(2)10-8(3)13-9(6-15-5)14-11(10)12-4/h7H,6H2,1-5H3,(H,12,13,14). The zero-order chi connectivity index (χ0) is 11.4. The Bertz CT molecular complexity index is 337. The molecule has 0 unspecified atom stereocenters. The molecule has 0 amide bonds. The zero-order valence-corrected chi connectivity index (χ0v) is 10.9. The van der Waals surface area contributed by atoms with Crippen LogP contribution < -0.4 is 5.32 Å². The number of nitrogens with zero attached hydrogens (tertiary/aromatic N) is 2. The summed E-state index contributed by atoms with van der Waals surface area (Å²) in [6.45, 7) is 6.39. The Kier molecular flexibility index (Phi) is 4.39. The molecule has 0 bridgehead atoms. The first kappa shape index (κ1) is 12.3. The molecule has 0 saturated carbocycles. The first-order valence-corrected chi connectivity index (χ1v) is 6.53. The van der Waals surface area contributed by atoms with Gasteiger partial charge in [-0.05, 0) is 19.1 Å². The van der Waals surface area contributed by atoms with Gasteiger partial charge in [0, 0.05) is 18.3 Å². The van der Waals surface area contributed by atoms with E-state index >= 15 is 0 Å². The smallest absolute Gasteiger partial charge is 0.140 e. The predicted molar refractivity (Wildman–Crippen MR) is 67.6 cm³/mol. The van der Waals surface area contributed by atoms with Gasteiger partial charge in [-0.25, -0.2) is 9.97 Å². The van der Waals surface area contributed by atoms with Gasteiger partial charge in [0.25, 0.3) is 0 Å². The van der Waals surface area contributed by atoms with Gasteiger partial charge in [0.2, 0.25) is 0 Å². The Labute approximate surface area is 96.1 Å². The molecule has 15 heavy (non-hydrogen) atoms. The minimum absolute atomic E-state index is 0.454. The maximum Gasteiger partial charge on any atom is 0.140 e. The molecule has 84 valence electrons. The van der Waals surface area contributed by atoms with Crippen LogP contribution in [-0.4, -0.2) is 23.3 Å². The quantitative estimate of drug-likeness (QED) is 0.855. The lowest BCUT2D eigenvalue weighted by atomic mass is 10.0. The van der Waals surface area contributed by atoms with Crippen molar-refractivity contribution >= 4 is 17.6 Å². The van der Waals surface area contributed by atoms with E-state index in [2.05, 4.69) is 42.3 Å². The van der Waals surface area contributed by atoms with Crippen molar-refractivity contribution in [2.24, 2.45) is 0 Å². The molecule has 0 fully saturated rings. The van der Waals surface area contributed by atoms with Crippen LogP contribution >= 0.6 is 11.8 Å². The summed E-state index contributed by atoms with van der Waals surface area (Å²) in [5, 5.41) is 3.16. The molecular weight excluding hydrogens is 206 g/mol. The van der Waals surface area contributed by atoms with Crippen molar-refractivity contribution in [1.29, 1.82) is 0 Å². The Morgan fingerprint density at radius 2 is 2.00 bits per heavy atom. The van der Waals surface area contributed by atoms with Crippen LogP contribution in [0.5, 0.6) is 0 Å². The van der Waals surface area contributed by atoms with Gasteiger partial charge in [-0.3, -0.25) is 0 Å². The molecule has 1 N–H and O–H groups in total. The summed E-state index contributed by atoms with van der Waals surface area (Å²) in [5.74, 6) is 3.21. The molecule has 1 aromatic heterocycles. The van der Waals surface area contributed by atoms with Gasteiger partial charge in [-0.1, -0.05) is 13.8 Å². The second-order valence-electron chi connectivity index (χ2n) is 3.83. The highest BCUT2D eigenvalue weighted by Crippen LogP contribution is 2.25. The lowest BCUT2D eigenvalue weighted by Gasteiger charge is -2.15. The van der Waals surface area contributed by atoms with E-state index in [9.17, 15) is 0 Å². The van der Waals surface area contributed by atoms with E-state index in [1.54, 1.807) is 11.8 Å². The lowest BCUT2D eigenvalue weighted by Crippen LogP contribution is -2.08. The van der Waals surface area contributed by atoms with Crippen LogP contribution in [0.4, 0.5) is 5.82 Å². The topological polar surface area (TPSA) is 37.8 Å². The third kappa shape index (κ3) is 2.84. The van der Waals surface area contributed by atoms with Crippen molar-refractivity contribution in [2.75, 3.05) is 18.6 Å². The fourth-order valence-electron chi connectivity index (χ4n) is 1.71. The van der Waals surface area contributed by atoms with Gasteiger partial charge in [-0.15, -0.1) is 0 Å². The van der Waals surface area contributed by atoms with E-state index < -0.39 is 0 Å². The average molecular weight is 225 g/mol. The summed E-state index contributed by atoms with van der Waals surface area (Å²) in [5.41, 5.74) is 2.32. The largest absolute Gasteiger partial charge is 0.373 e. The van der Waals surface area contributed by atoms with Crippen LogP contribution in [0.2, 0.25) is 0 Å². The first-order chi connectivity index (χ1) is 7.10. The zero-order valence-electron chi connectivity index (χ0n) is 10.1. The second-order valence-corrected chi connectivity index (χ2v) is 4.69. The monoisotopic (exact) mass is 225 g/mol. The van der Waals surface area contributed by atoms with E-state index in [4.69, 9.17) is 0 Å². The Balaban J connectivity index is 3.18. The minimum atomic E-state index is 0.454. The fraction of sp³-hybridized carbons (Fsp3) is 0.636. The summed E-state index contributed by atoms with van der Waals surface area (Å²) in [6.07, 6.45) is 2.06. The van der Waals surface area contributed by atoms with Gasteiger partial charge < -0.3 is 5.32 Å². The molecule has 0 aliphatic heterocycles. The second kappa shape index (κ2) is 5.35. The summed E-state index contributed by atoms with van der Waals surface area (Å²) in [6, 6.07) is 0. The van der Waals surface area contributed by atoms with E-state index in [-0.39, 0.29) is 0 Å². The normalized spacial score (nSPS) is 10.8. The third-order valence-corrected chi connectivity index (χ3v) is 2.82. The molecule has 0 saturated heterocycles. The minimum Gasteiger partial charge on any atom is -0.373 e. The number of rotatable bonds is 4. The van der Waals surface area contributed by atoms with Crippen LogP contribution in [0.25, 0.3) is 0 Å². The van der Waals surface area contributed by atoms with Gasteiger partial charge in [0.1, 0.15) is 11.6 Å². The number of hydrogen-bond donors (Lipinski definition) is 1. The van der Waals surface area contributed by atoms with Crippen molar-refractivity contribution in [3.8, 4) is 0 Å². The van der Waals surface area contributed by atoms with Gasteiger partial charge >= 0.3 is 0 Å². The highest BCUT2D eigenvalue weighted by atomic mass is 32.2. The van der Waals surface area contributed by atoms with Crippen molar-refractivity contribution in [1.82, 2.24) is 9.97 Å². The summed E-state index contributed by atoms with van der Waals surface area (Å²) in [4.78, 5) is 9.04. The summed E-state index contributed by atoms with van der Waals surface area (Å²) in [7, 11) is 1.91. The molecule has 0 radical (unpaired) electrons. The van der Waals surface area contributed by atoms with Crippen LogP contribution in [-0.2, 0) is 5.75 Å². The average Bonchev–Trinajstić information content (AvgIpc) is 2.16.